The number of benzene rings is 1. The van der Waals surface area contributed by atoms with Crippen LogP contribution in [0.1, 0.15) is 31.3 Å². The highest BCUT2D eigenvalue weighted by Gasteiger charge is 2.28. The fourth-order valence-electron chi connectivity index (χ4n) is 3.33. The topological polar surface area (TPSA) is 71.5 Å². The van der Waals surface area contributed by atoms with Crippen molar-refractivity contribution in [3.05, 3.63) is 57.5 Å². The maximum atomic E-state index is 13.3. The second-order valence-corrected chi connectivity index (χ2v) is 8.63. The molecule has 0 unspecified atom stereocenters. The van der Waals surface area contributed by atoms with E-state index in [0.29, 0.717) is 47.4 Å². The molecule has 0 bridgehead atoms. The van der Waals surface area contributed by atoms with E-state index in [-0.39, 0.29) is 11.8 Å². The van der Waals surface area contributed by atoms with E-state index in [1.165, 1.54) is 22.7 Å². The summed E-state index contributed by atoms with van der Waals surface area (Å²) in [7, 11) is 0. The lowest BCUT2D eigenvalue weighted by molar-refractivity contribution is 0.0303. The third-order valence-corrected chi connectivity index (χ3v) is 7.06. The van der Waals surface area contributed by atoms with E-state index in [2.05, 4.69) is 10.3 Å². The summed E-state index contributed by atoms with van der Waals surface area (Å²) in [6, 6.07) is 9.93. The Morgan fingerprint density at radius 2 is 1.86 bits per heavy atom. The second-order valence-electron chi connectivity index (χ2n) is 6.75. The van der Waals surface area contributed by atoms with Crippen molar-refractivity contribution in [2.24, 2.45) is 0 Å². The van der Waals surface area contributed by atoms with Crippen molar-refractivity contribution in [3.63, 3.8) is 0 Å². The van der Waals surface area contributed by atoms with Crippen molar-refractivity contribution in [2.75, 3.05) is 31.6 Å². The van der Waals surface area contributed by atoms with Crippen molar-refractivity contribution in [1.29, 1.82) is 0 Å². The van der Waals surface area contributed by atoms with Crippen molar-refractivity contribution in [1.82, 2.24) is 9.88 Å². The summed E-state index contributed by atoms with van der Waals surface area (Å²) < 4.78 is 5.38. The van der Waals surface area contributed by atoms with Gasteiger partial charge in [0.15, 0.2) is 0 Å². The Kier molecular flexibility index (Phi) is 5.75. The maximum absolute atomic E-state index is 13.3. The zero-order valence-electron chi connectivity index (χ0n) is 16.2. The molecule has 1 saturated heterocycles. The number of carbonyl (C=O) groups excluding carboxylic acids is 2. The molecule has 6 nitrogen and oxygen atoms in total. The zero-order chi connectivity index (χ0) is 20.4. The Balaban J connectivity index is 1.74. The first kappa shape index (κ1) is 19.8. The normalized spacial score (nSPS) is 14.1. The smallest absolute Gasteiger partial charge is 0.268 e. The summed E-state index contributed by atoms with van der Waals surface area (Å²) in [5, 5.41) is 3.56. The number of morpholine rings is 1. The molecular formula is C21H21N3O3S2. The number of hydrogen-bond acceptors (Lipinski definition) is 6. The molecule has 1 aliphatic heterocycles. The number of rotatable bonds is 4. The van der Waals surface area contributed by atoms with Gasteiger partial charge < -0.3 is 15.0 Å². The SMILES string of the molecule is Cc1ncsc1C(=O)Nc1sc(-c2ccccc2)c(C)c1C(=O)N1CCOCC1. The van der Waals surface area contributed by atoms with Gasteiger partial charge in [-0.1, -0.05) is 30.3 Å². The minimum Gasteiger partial charge on any atom is -0.378 e. The summed E-state index contributed by atoms with van der Waals surface area (Å²) in [6.07, 6.45) is 0. The Hall–Kier alpha value is -2.55. The van der Waals surface area contributed by atoms with E-state index >= 15 is 0 Å². The summed E-state index contributed by atoms with van der Waals surface area (Å²) in [5.74, 6) is -0.303. The van der Waals surface area contributed by atoms with Crippen LogP contribution in [0.4, 0.5) is 5.00 Å². The zero-order valence-corrected chi connectivity index (χ0v) is 17.9. The Morgan fingerprint density at radius 3 is 2.52 bits per heavy atom. The molecule has 4 rings (SSSR count). The van der Waals surface area contributed by atoms with Gasteiger partial charge in [-0.15, -0.1) is 22.7 Å². The van der Waals surface area contributed by atoms with Gasteiger partial charge >= 0.3 is 0 Å². The number of nitrogens with zero attached hydrogens (tertiary/aromatic N) is 2. The van der Waals surface area contributed by atoms with Crippen LogP contribution in [-0.4, -0.2) is 48.0 Å². The maximum Gasteiger partial charge on any atom is 0.268 e. The monoisotopic (exact) mass is 427 g/mol. The molecule has 0 atom stereocenters. The lowest BCUT2D eigenvalue weighted by Gasteiger charge is -2.27. The first-order chi connectivity index (χ1) is 14.1. The van der Waals surface area contributed by atoms with Crippen LogP contribution in [0.2, 0.25) is 0 Å². The Labute approximate surface area is 177 Å². The molecule has 150 valence electrons. The van der Waals surface area contributed by atoms with Gasteiger partial charge in [0.2, 0.25) is 0 Å². The number of aryl methyl sites for hydroxylation is 1. The number of thiophene rings is 1. The lowest BCUT2D eigenvalue weighted by Crippen LogP contribution is -2.41. The van der Waals surface area contributed by atoms with Crippen LogP contribution < -0.4 is 5.32 Å². The van der Waals surface area contributed by atoms with Crippen LogP contribution in [0.3, 0.4) is 0 Å². The van der Waals surface area contributed by atoms with E-state index in [1.807, 2.05) is 37.3 Å². The molecule has 0 radical (unpaired) electrons. The van der Waals surface area contributed by atoms with Crippen LogP contribution in [0.25, 0.3) is 10.4 Å². The van der Waals surface area contributed by atoms with E-state index in [0.717, 1.165) is 16.0 Å². The number of thiazole rings is 1. The Bertz CT molecular complexity index is 1040. The third kappa shape index (κ3) is 3.96. The molecule has 3 heterocycles. The largest absolute Gasteiger partial charge is 0.378 e. The summed E-state index contributed by atoms with van der Waals surface area (Å²) in [4.78, 5) is 33.6. The molecule has 3 aromatic rings. The second kappa shape index (κ2) is 8.44. The highest BCUT2D eigenvalue weighted by molar-refractivity contribution is 7.20. The molecule has 8 heteroatoms. The average molecular weight is 428 g/mol. The van der Waals surface area contributed by atoms with Crippen molar-refractivity contribution < 1.29 is 14.3 Å². The quantitative estimate of drug-likeness (QED) is 0.677. The number of carbonyl (C=O) groups is 2. The number of aromatic nitrogens is 1. The molecule has 2 amide bonds. The molecular weight excluding hydrogens is 406 g/mol. The van der Waals surface area contributed by atoms with Crippen LogP contribution in [0, 0.1) is 13.8 Å². The van der Waals surface area contributed by atoms with Gasteiger partial charge in [-0.25, -0.2) is 4.98 Å². The third-order valence-electron chi connectivity index (χ3n) is 4.87. The molecule has 1 aromatic carbocycles. The molecule has 0 aliphatic carbocycles. The first-order valence-corrected chi connectivity index (χ1v) is 11.0. The molecule has 0 spiro atoms. The lowest BCUT2D eigenvalue weighted by atomic mass is 10.1. The molecule has 2 aromatic heterocycles. The van der Waals surface area contributed by atoms with Gasteiger partial charge in [0.1, 0.15) is 9.88 Å². The van der Waals surface area contributed by atoms with Gasteiger partial charge in [-0.05, 0) is 25.0 Å². The highest BCUT2D eigenvalue weighted by Crippen LogP contribution is 2.41. The van der Waals surface area contributed by atoms with Gasteiger partial charge in [-0.2, -0.15) is 0 Å². The number of ether oxygens (including phenoxy) is 1. The van der Waals surface area contributed by atoms with Gasteiger partial charge in [0.25, 0.3) is 11.8 Å². The van der Waals surface area contributed by atoms with Crippen molar-refractivity contribution in [2.45, 2.75) is 13.8 Å². The minimum atomic E-state index is -0.234. The van der Waals surface area contributed by atoms with E-state index in [9.17, 15) is 9.59 Å². The predicted octanol–water partition coefficient (Wildman–Crippen LogP) is 4.21. The highest BCUT2D eigenvalue weighted by atomic mass is 32.1. The minimum absolute atomic E-state index is 0.0689. The van der Waals surface area contributed by atoms with Crippen LogP contribution in [-0.2, 0) is 4.74 Å². The van der Waals surface area contributed by atoms with Gasteiger partial charge in [0.05, 0.1) is 30.0 Å². The number of anilines is 1. The average Bonchev–Trinajstić information content (AvgIpc) is 3.32. The number of nitrogens with one attached hydrogen (secondary N) is 1. The van der Waals surface area contributed by atoms with Crippen LogP contribution in [0.15, 0.2) is 35.8 Å². The number of hydrogen-bond donors (Lipinski definition) is 1. The summed E-state index contributed by atoms with van der Waals surface area (Å²) in [6.45, 7) is 5.91. The number of amides is 2. The van der Waals surface area contributed by atoms with Gasteiger partial charge in [0, 0.05) is 18.0 Å². The van der Waals surface area contributed by atoms with Crippen molar-refractivity contribution >= 4 is 39.5 Å². The molecule has 0 saturated carbocycles. The first-order valence-electron chi connectivity index (χ1n) is 9.33. The van der Waals surface area contributed by atoms with Crippen LogP contribution in [0.5, 0.6) is 0 Å². The fraction of sp³-hybridized carbons (Fsp3) is 0.286. The molecule has 1 aliphatic rings. The molecule has 1 fully saturated rings. The van der Waals surface area contributed by atoms with E-state index in [1.54, 1.807) is 17.3 Å². The standard InChI is InChI=1S/C21H21N3O3S2/c1-13-16(21(26)24-8-10-27-11-9-24)20(23-19(25)18-14(2)22-12-28-18)29-17(13)15-6-4-3-5-7-15/h3-7,12H,8-11H2,1-2H3,(H,23,25). The summed E-state index contributed by atoms with van der Waals surface area (Å²) in [5.41, 5.74) is 4.81. The Morgan fingerprint density at radius 1 is 1.14 bits per heavy atom. The van der Waals surface area contributed by atoms with Crippen LogP contribution >= 0.6 is 22.7 Å². The summed E-state index contributed by atoms with van der Waals surface area (Å²) >= 11 is 2.73. The van der Waals surface area contributed by atoms with E-state index < -0.39 is 0 Å². The van der Waals surface area contributed by atoms with Gasteiger partial charge in [-0.3, -0.25) is 9.59 Å². The van der Waals surface area contributed by atoms with Crippen molar-refractivity contribution in [3.8, 4) is 10.4 Å². The van der Waals surface area contributed by atoms with E-state index in [4.69, 9.17) is 4.74 Å². The predicted molar refractivity (Wildman–Crippen MR) is 116 cm³/mol. The molecule has 29 heavy (non-hydrogen) atoms. The fourth-order valence-corrected chi connectivity index (χ4v) is 5.23. The molecule has 1 N–H and O–H groups in total.